The summed E-state index contributed by atoms with van der Waals surface area (Å²) in [6.45, 7) is 1.66. The van der Waals surface area contributed by atoms with Gasteiger partial charge in [0.25, 0.3) is 0 Å². The Labute approximate surface area is 121 Å². The maximum atomic E-state index is 13.1. The minimum absolute atomic E-state index is 0.0241. The minimum Gasteiger partial charge on any atom is -0.461 e. The molecule has 0 bridgehead atoms. The van der Waals surface area contributed by atoms with Crippen LogP contribution in [0, 0.1) is 11.7 Å². The van der Waals surface area contributed by atoms with E-state index in [9.17, 15) is 14.0 Å². The van der Waals surface area contributed by atoms with Crippen LogP contribution in [-0.2, 0) is 9.53 Å². The van der Waals surface area contributed by atoms with Crippen LogP contribution in [0.3, 0.4) is 0 Å². The molecule has 0 saturated carbocycles. The predicted molar refractivity (Wildman–Crippen MR) is 76.3 cm³/mol. The van der Waals surface area contributed by atoms with Crippen molar-refractivity contribution in [2.24, 2.45) is 5.92 Å². The molecule has 2 unspecified atom stereocenters. The lowest BCUT2D eigenvalue weighted by Crippen LogP contribution is -2.22. The Bertz CT molecular complexity index is 498. The first kappa shape index (κ1) is 15.0. The molecule has 1 heterocycles. The normalized spacial score (nSPS) is 19.6. The second-order valence-corrected chi connectivity index (χ2v) is 6.11. The highest BCUT2D eigenvalue weighted by molar-refractivity contribution is 7.99. The van der Waals surface area contributed by atoms with Crippen LogP contribution in [0.1, 0.15) is 30.1 Å². The Balaban J connectivity index is 1.88. The van der Waals surface area contributed by atoms with E-state index >= 15 is 0 Å². The molecule has 2 rings (SSSR count). The SMILES string of the molecule is CC(CC(=O)OC1CCSC1)C(=O)c1cccc(F)c1. The molecule has 1 aromatic rings. The van der Waals surface area contributed by atoms with Crippen molar-refractivity contribution >= 4 is 23.5 Å². The van der Waals surface area contributed by atoms with Crippen molar-refractivity contribution in [1.82, 2.24) is 0 Å². The van der Waals surface area contributed by atoms with Gasteiger partial charge >= 0.3 is 5.97 Å². The van der Waals surface area contributed by atoms with E-state index in [1.807, 2.05) is 0 Å². The van der Waals surface area contributed by atoms with Gasteiger partial charge in [-0.25, -0.2) is 4.39 Å². The Kier molecular flexibility index (Phi) is 5.17. The topological polar surface area (TPSA) is 43.4 Å². The smallest absolute Gasteiger partial charge is 0.306 e. The number of rotatable bonds is 5. The second-order valence-electron chi connectivity index (χ2n) is 4.96. The Morgan fingerprint density at radius 3 is 2.95 bits per heavy atom. The van der Waals surface area contributed by atoms with Gasteiger partial charge in [0, 0.05) is 17.2 Å². The average molecular weight is 296 g/mol. The molecular formula is C15H17FO3S. The zero-order chi connectivity index (χ0) is 14.5. The highest BCUT2D eigenvalue weighted by Gasteiger charge is 2.24. The Morgan fingerprint density at radius 2 is 2.30 bits per heavy atom. The molecule has 1 aliphatic heterocycles. The summed E-state index contributed by atoms with van der Waals surface area (Å²) in [7, 11) is 0. The molecule has 2 atom stereocenters. The summed E-state index contributed by atoms with van der Waals surface area (Å²) < 4.78 is 18.4. The summed E-state index contributed by atoms with van der Waals surface area (Å²) >= 11 is 1.76. The fraction of sp³-hybridized carbons (Fsp3) is 0.467. The van der Waals surface area contributed by atoms with Crippen molar-refractivity contribution < 1.29 is 18.7 Å². The highest BCUT2D eigenvalue weighted by atomic mass is 32.2. The van der Waals surface area contributed by atoms with Gasteiger partial charge in [0.2, 0.25) is 0 Å². The van der Waals surface area contributed by atoms with Gasteiger partial charge in [-0.05, 0) is 24.3 Å². The van der Waals surface area contributed by atoms with E-state index in [0.29, 0.717) is 5.56 Å². The lowest BCUT2D eigenvalue weighted by molar-refractivity contribution is -0.148. The third-order valence-corrected chi connectivity index (χ3v) is 4.35. The van der Waals surface area contributed by atoms with Crippen molar-refractivity contribution in [3.63, 3.8) is 0 Å². The summed E-state index contributed by atoms with van der Waals surface area (Å²) in [5.41, 5.74) is 0.293. The molecule has 0 radical (unpaired) electrons. The molecule has 0 aliphatic carbocycles. The van der Waals surface area contributed by atoms with E-state index in [1.54, 1.807) is 24.8 Å². The Hall–Kier alpha value is -1.36. The largest absolute Gasteiger partial charge is 0.461 e. The van der Waals surface area contributed by atoms with E-state index in [1.165, 1.54) is 18.2 Å². The molecule has 1 aromatic carbocycles. The second kappa shape index (κ2) is 6.88. The van der Waals surface area contributed by atoms with Gasteiger partial charge in [-0.1, -0.05) is 19.1 Å². The number of carbonyl (C=O) groups is 2. The van der Waals surface area contributed by atoms with Gasteiger partial charge in [-0.15, -0.1) is 0 Å². The fourth-order valence-electron chi connectivity index (χ4n) is 2.11. The number of hydrogen-bond donors (Lipinski definition) is 0. The number of ketones is 1. The average Bonchev–Trinajstić information content (AvgIpc) is 2.90. The molecule has 0 aromatic heterocycles. The lowest BCUT2D eigenvalue weighted by atomic mass is 9.96. The van der Waals surface area contributed by atoms with Gasteiger partial charge < -0.3 is 4.74 Å². The van der Waals surface area contributed by atoms with Crippen LogP contribution in [-0.4, -0.2) is 29.4 Å². The van der Waals surface area contributed by atoms with Crippen molar-refractivity contribution in [3.05, 3.63) is 35.6 Å². The first-order valence-corrected chi connectivity index (χ1v) is 7.78. The van der Waals surface area contributed by atoms with Crippen LogP contribution in [0.4, 0.5) is 4.39 Å². The minimum atomic E-state index is -0.502. The number of esters is 1. The highest BCUT2D eigenvalue weighted by Crippen LogP contribution is 2.21. The van der Waals surface area contributed by atoms with Crippen LogP contribution in [0.15, 0.2) is 24.3 Å². The van der Waals surface area contributed by atoms with Crippen LogP contribution in [0.25, 0.3) is 0 Å². The number of benzene rings is 1. The number of carbonyl (C=O) groups excluding carboxylic acids is 2. The van der Waals surface area contributed by atoms with Crippen molar-refractivity contribution in [2.75, 3.05) is 11.5 Å². The van der Waals surface area contributed by atoms with Crippen LogP contribution in [0.2, 0.25) is 0 Å². The number of hydrogen-bond acceptors (Lipinski definition) is 4. The Morgan fingerprint density at radius 1 is 1.50 bits per heavy atom. The maximum absolute atomic E-state index is 13.1. The number of ether oxygens (including phenoxy) is 1. The standard InChI is InChI=1S/C15H17FO3S/c1-10(7-14(17)19-13-5-6-20-9-13)15(18)11-3-2-4-12(16)8-11/h2-4,8,10,13H,5-7,9H2,1H3. The van der Waals surface area contributed by atoms with Crippen LogP contribution in [0.5, 0.6) is 0 Å². The van der Waals surface area contributed by atoms with E-state index in [2.05, 4.69) is 0 Å². The van der Waals surface area contributed by atoms with E-state index < -0.39 is 11.7 Å². The summed E-state index contributed by atoms with van der Waals surface area (Å²) in [6.07, 6.45) is 0.892. The maximum Gasteiger partial charge on any atom is 0.306 e. The van der Waals surface area contributed by atoms with Gasteiger partial charge in [0.15, 0.2) is 5.78 Å². The summed E-state index contributed by atoms with van der Waals surface area (Å²) in [5.74, 6) is 0.303. The van der Waals surface area contributed by atoms with Gasteiger partial charge in [0.1, 0.15) is 11.9 Å². The molecule has 3 nitrogen and oxygen atoms in total. The first-order chi connectivity index (χ1) is 9.56. The molecule has 1 fully saturated rings. The van der Waals surface area contributed by atoms with Crippen molar-refractivity contribution in [2.45, 2.75) is 25.9 Å². The number of Topliss-reactive ketones (excluding diaryl/α,β-unsaturated/α-hetero) is 1. The molecule has 0 amide bonds. The monoisotopic (exact) mass is 296 g/mol. The van der Waals surface area contributed by atoms with Gasteiger partial charge in [0.05, 0.1) is 6.42 Å². The summed E-state index contributed by atoms with van der Waals surface area (Å²) in [5, 5.41) is 0. The third-order valence-electron chi connectivity index (χ3n) is 3.22. The molecular weight excluding hydrogens is 279 g/mol. The zero-order valence-corrected chi connectivity index (χ0v) is 12.1. The van der Waals surface area contributed by atoms with Crippen molar-refractivity contribution in [1.29, 1.82) is 0 Å². The molecule has 5 heteroatoms. The predicted octanol–water partition coefficient (Wildman–Crippen LogP) is 3.08. The zero-order valence-electron chi connectivity index (χ0n) is 11.3. The number of thioether (sulfide) groups is 1. The lowest BCUT2D eigenvalue weighted by Gasteiger charge is -2.13. The number of halogens is 1. The molecule has 0 spiro atoms. The van der Waals surface area contributed by atoms with Gasteiger partial charge in [-0.3, -0.25) is 9.59 Å². The quantitative estimate of drug-likeness (QED) is 0.618. The molecule has 20 heavy (non-hydrogen) atoms. The van der Waals surface area contributed by atoms with Crippen LogP contribution < -0.4 is 0 Å². The molecule has 1 saturated heterocycles. The molecule has 1 aliphatic rings. The van der Waals surface area contributed by atoms with Crippen molar-refractivity contribution in [3.8, 4) is 0 Å². The van der Waals surface area contributed by atoms with E-state index in [-0.39, 0.29) is 24.3 Å². The van der Waals surface area contributed by atoms with E-state index in [4.69, 9.17) is 4.74 Å². The van der Waals surface area contributed by atoms with E-state index in [0.717, 1.165) is 17.9 Å². The first-order valence-electron chi connectivity index (χ1n) is 6.63. The van der Waals surface area contributed by atoms with Crippen LogP contribution >= 0.6 is 11.8 Å². The molecule has 108 valence electrons. The van der Waals surface area contributed by atoms with Gasteiger partial charge in [-0.2, -0.15) is 11.8 Å². The fourth-order valence-corrected chi connectivity index (χ4v) is 3.20. The third kappa shape index (κ3) is 4.07. The molecule has 0 N–H and O–H groups in total. The summed E-state index contributed by atoms with van der Waals surface area (Å²) in [6, 6.07) is 5.52. The summed E-state index contributed by atoms with van der Waals surface area (Å²) in [4.78, 5) is 23.8.